The van der Waals surface area contributed by atoms with E-state index in [1.165, 1.54) is 6.26 Å². The number of amides is 2. The summed E-state index contributed by atoms with van der Waals surface area (Å²) in [6, 6.07) is 7.41. The first-order valence-electron chi connectivity index (χ1n) is 8.93. The van der Waals surface area contributed by atoms with Gasteiger partial charge in [-0.2, -0.15) is 0 Å². The highest BCUT2D eigenvalue weighted by Gasteiger charge is 2.27. The third-order valence-electron chi connectivity index (χ3n) is 4.55. The van der Waals surface area contributed by atoms with Gasteiger partial charge in [-0.1, -0.05) is 0 Å². The quantitative estimate of drug-likeness (QED) is 0.812. The number of anilines is 1. The molecular formula is C19H24N4O4. The fourth-order valence-electron chi connectivity index (χ4n) is 2.95. The van der Waals surface area contributed by atoms with Crippen molar-refractivity contribution >= 4 is 17.7 Å². The van der Waals surface area contributed by atoms with Gasteiger partial charge < -0.3 is 24.3 Å². The number of oxazole rings is 1. The van der Waals surface area contributed by atoms with Crippen LogP contribution in [-0.2, 0) is 4.74 Å². The van der Waals surface area contributed by atoms with Gasteiger partial charge in [-0.25, -0.2) is 14.6 Å². The van der Waals surface area contributed by atoms with Crippen LogP contribution in [0.3, 0.4) is 0 Å². The topological polar surface area (TPSA) is 87.9 Å². The number of hydrogen-bond donors (Lipinski definition) is 1. The van der Waals surface area contributed by atoms with Crippen molar-refractivity contribution < 1.29 is 18.7 Å². The minimum Gasteiger partial charge on any atom is -0.461 e. The lowest BCUT2D eigenvalue weighted by Crippen LogP contribution is -2.36. The number of nitrogens with zero attached hydrogens (tertiary/aromatic N) is 3. The second-order valence-corrected chi connectivity index (χ2v) is 6.62. The van der Waals surface area contributed by atoms with Gasteiger partial charge in [0.05, 0.1) is 6.61 Å². The zero-order valence-corrected chi connectivity index (χ0v) is 15.8. The maximum atomic E-state index is 12.4. The molecule has 1 aliphatic rings. The van der Waals surface area contributed by atoms with Crippen LogP contribution in [-0.4, -0.2) is 66.6 Å². The second-order valence-electron chi connectivity index (χ2n) is 6.62. The molecule has 0 radical (unpaired) electrons. The molecule has 144 valence electrons. The predicted molar refractivity (Wildman–Crippen MR) is 101 cm³/mol. The van der Waals surface area contributed by atoms with E-state index in [4.69, 9.17) is 9.15 Å². The van der Waals surface area contributed by atoms with E-state index in [0.29, 0.717) is 23.2 Å². The van der Waals surface area contributed by atoms with Crippen molar-refractivity contribution in [1.82, 2.24) is 14.8 Å². The summed E-state index contributed by atoms with van der Waals surface area (Å²) in [4.78, 5) is 32.1. The normalized spacial score (nSPS) is 16.6. The number of likely N-dealkylation sites (N-methyl/N-ethyl adjacent to an activating group) is 1. The Hall–Kier alpha value is -2.87. The van der Waals surface area contributed by atoms with Crippen molar-refractivity contribution in [3.05, 3.63) is 36.2 Å². The average molecular weight is 372 g/mol. The van der Waals surface area contributed by atoms with Gasteiger partial charge >= 0.3 is 12.0 Å². The van der Waals surface area contributed by atoms with Gasteiger partial charge in [0.2, 0.25) is 5.89 Å². The number of hydrogen-bond acceptors (Lipinski definition) is 6. The highest BCUT2D eigenvalue weighted by molar-refractivity contribution is 5.90. The van der Waals surface area contributed by atoms with E-state index in [1.54, 1.807) is 31.2 Å². The van der Waals surface area contributed by atoms with Crippen LogP contribution < -0.4 is 5.32 Å². The number of likely N-dealkylation sites (tertiary alicyclic amines) is 1. The molecule has 2 aromatic rings. The second kappa shape index (κ2) is 8.22. The summed E-state index contributed by atoms with van der Waals surface area (Å²) >= 11 is 0. The number of benzene rings is 1. The molecule has 0 saturated carbocycles. The van der Waals surface area contributed by atoms with Crippen LogP contribution in [0.5, 0.6) is 0 Å². The average Bonchev–Trinajstić information content (AvgIpc) is 3.33. The number of nitrogens with one attached hydrogen (secondary N) is 1. The standard InChI is InChI=1S/C19H24N4O4/c1-4-26-18(24)16-12-27-17(21-16)13-5-7-14(8-6-13)20-19(25)23-10-9-15(11-23)22(2)3/h5-8,12,15H,4,9-11H2,1-3H3,(H,20,25). The molecule has 1 atom stereocenters. The smallest absolute Gasteiger partial charge is 0.360 e. The van der Waals surface area contributed by atoms with Gasteiger partial charge in [-0.3, -0.25) is 0 Å². The van der Waals surface area contributed by atoms with Gasteiger partial charge in [-0.15, -0.1) is 0 Å². The van der Waals surface area contributed by atoms with Gasteiger partial charge in [0, 0.05) is 30.4 Å². The van der Waals surface area contributed by atoms with Gasteiger partial charge in [-0.05, 0) is 51.7 Å². The lowest BCUT2D eigenvalue weighted by Gasteiger charge is -2.20. The highest BCUT2D eigenvalue weighted by atomic mass is 16.5. The van der Waals surface area contributed by atoms with Crippen LogP contribution in [0.1, 0.15) is 23.8 Å². The Morgan fingerprint density at radius 3 is 2.70 bits per heavy atom. The summed E-state index contributed by atoms with van der Waals surface area (Å²) in [7, 11) is 4.06. The maximum absolute atomic E-state index is 12.4. The van der Waals surface area contributed by atoms with E-state index < -0.39 is 5.97 Å². The number of carbonyl (C=O) groups excluding carboxylic acids is 2. The van der Waals surface area contributed by atoms with Crippen LogP contribution in [0.4, 0.5) is 10.5 Å². The number of aromatic nitrogens is 1. The third-order valence-corrected chi connectivity index (χ3v) is 4.55. The lowest BCUT2D eigenvalue weighted by molar-refractivity contribution is 0.0519. The number of carbonyl (C=O) groups is 2. The predicted octanol–water partition coefficient (Wildman–Crippen LogP) is 2.69. The molecule has 1 saturated heterocycles. The molecule has 2 heterocycles. The molecule has 2 amide bonds. The molecular weight excluding hydrogens is 348 g/mol. The number of esters is 1. The largest absolute Gasteiger partial charge is 0.461 e. The van der Waals surface area contributed by atoms with Crippen molar-refractivity contribution in [2.75, 3.05) is 39.1 Å². The fourth-order valence-corrected chi connectivity index (χ4v) is 2.95. The first-order chi connectivity index (χ1) is 13.0. The molecule has 8 nitrogen and oxygen atoms in total. The molecule has 0 spiro atoms. The van der Waals surface area contributed by atoms with E-state index in [-0.39, 0.29) is 18.3 Å². The molecule has 1 aliphatic heterocycles. The van der Waals surface area contributed by atoms with E-state index in [2.05, 4.69) is 15.2 Å². The summed E-state index contributed by atoms with van der Waals surface area (Å²) in [6.45, 7) is 3.49. The fraction of sp³-hybridized carbons (Fsp3) is 0.421. The number of ether oxygens (including phenoxy) is 1. The van der Waals surface area contributed by atoms with Crippen LogP contribution in [0.2, 0.25) is 0 Å². The summed E-state index contributed by atoms with van der Waals surface area (Å²) in [5.74, 6) is -0.192. The Kier molecular flexibility index (Phi) is 5.75. The van der Waals surface area contributed by atoms with Gasteiger partial charge in [0.25, 0.3) is 0 Å². The lowest BCUT2D eigenvalue weighted by atomic mass is 10.2. The Morgan fingerprint density at radius 1 is 1.33 bits per heavy atom. The molecule has 8 heteroatoms. The molecule has 1 unspecified atom stereocenters. The number of urea groups is 1. The van der Waals surface area contributed by atoms with Crippen molar-refractivity contribution in [1.29, 1.82) is 0 Å². The first-order valence-corrected chi connectivity index (χ1v) is 8.93. The summed E-state index contributed by atoms with van der Waals surface area (Å²) in [6.07, 6.45) is 2.25. The molecule has 0 bridgehead atoms. The zero-order valence-electron chi connectivity index (χ0n) is 15.8. The Morgan fingerprint density at radius 2 is 2.07 bits per heavy atom. The van der Waals surface area contributed by atoms with Crippen LogP contribution in [0, 0.1) is 0 Å². The molecule has 0 aliphatic carbocycles. The summed E-state index contributed by atoms with van der Waals surface area (Å²) < 4.78 is 10.2. The minimum absolute atomic E-state index is 0.104. The molecule has 1 aromatic carbocycles. The van der Waals surface area contributed by atoms with Crippen molar-refractivity contribution in [2.24, 2.45) is 0 Å². The Balaban J connectivity index is 1.61. The van der Waals surface area contributed by atoms with E-state index in [9.17, 15) is 9.59 Å². The monoisotopic (exact) mass is 372 g/mol. The van der Waals surface area contributed by atoms with E-state index in [1.807, 2.05) is 19.0 Å². The van der Waals surface area contributed by atoms with Crippen molar-refractivity contribution in [3.8, 4) is 11.5 Å². The Bertz CT molecular complexity index is 800. The zero-order chi connectivity index (χ0) is 19.4. The van der Waals surface area contributed by atoms with Crippen molar-refractivity contribution in [3.63, 3.8) is 0 Å². The number of rotatable bonds is 5. The molecule has 1 N–H and O–H groups in total. The highest BCUT2D eigenvalue weighted by Crippen LogP contribution is 2.22. The summed E-state index contributed by atoms with van der Waals surface area (Å²) in [5.41, 5.74) is 1.53. The molecule has 27 heavy (non-hydrogen) atoms. The summed E-state index contributed by atoms with van der Waals surface area (Å²) in [5, 5.41) is 2.91. The van der Waals surface area contributed by atoms with Crippen LogP contribution in [0.25, 0.3) is 11.5 Å². The minimum atomic E-state index is -0.516. The maximum Gasteiger partial charge on any atom is 0.360 e. The molecule has 1 fully saturated rings. The van der Waals surface area contributed by atoms with Gasteiger partial charge in [0.1, 0.15) is 6.26 Å². The first kappa shape index (κ1) is 18.9. The van der Waals surface area contributed by atoms with Crippen LogP contribution >= 0.6 is 0 Å². The SMILES string of the molecule is CCOC(=O)c1coc(-c2ccc(NC(=O)N3CCC(N(C)C)C3)cc2)n1. The molecule has 3 rings (SSSR count). The van der Waals surface area contributed by atoms with E-state index >= 15 is 0 Å². The van der Waals surface area contributed by atoms with Gasteiger partial charge in [0.15, 0.2) is 5.69 Å². The third kappa shape index (κ3) is 4.46. The van der Waals surface area contributed by atoms with Crippen LogP contribution in [0.15, 0.2) is 34.9 Å². The molecule has 1 aromatic heterocycles. The van der Waals surface area contributed by atoms with Crippen molar-refractivity contribution in [2.45, 2.75) is 19.4 Å². The Labute approximate surface area is 158 Å². The van der Waals surface area contributed by atoms with E-state index in [0.717, 1.165) is 19.5 Å².